The molecule has 0 bridgehead atoms. The normalized spacial score (nSPS) is 15.3. The molecular formula is C18H16Cl2N4OS. The van der Waals surface area contributed by atoms with Crippen LogP contribution in [0.2, 0.25) is 10.2 Å². The van der Waals surface area contributed by atoms with Crippen molar-refractivity contribution in [2.24, 2.45) is 0 Å². The lowest BCUT2D eigenvalue weighted by atomic mass is 10.2. The summed E-state index contributed by atoms with van der Waals surface area (Å²) in [5.41, 5.74) is 1.82. The smallest absolute Gasteiger partial charge is 0.246 e. The summed E-state index contributed by atoms with van der Waals surface area (Å²) in [5, 5.41) is 3.07. The first-order chi connectivity index (χ1) is 12.6. The van der Waals surface area contributed by atoms with Crippen molar-refractivity contribution in [3.8, 4) is 0 Å². The Morgan fingerprint density at radius 3 is 2.77 bits per heavy atom. The molecule has 0 radical (unpaired) electrons. The topological polar surface area (TPSA) is 40.9 Å². The molecule has 3 aromatic rings. The van der Waals surface area contributed by atoms with Crippen LogP contribution in [0, 0.1) is 0 Å². The molecule has 8 heteroatoms. The molecule has 1 aliphatic rings. The number of nitrogens with zero attached hydrogens (tertiary/aromatic N) is 4. The predicted octanol–water partition coefficient (Wildman–Crippen LogP) is 4.06. The van der Waals surface area contributed by atoms with E-state index in [1.807, 2.05) is 45.1 Å². The van der Waals surface area contributed by atoms with Crippen molar-refractivity contribution in [2.45, 2.75) is 0 Å². The van der Waals surface area contributed by atoms with Crippen LogP contribution in [-0.2, 0) is 4.79 Å². The van der Waals surface area contributed by atoms with E-state index in [0.29, 0.717) is 18.2 Å². The van der Waals surface area contributed by atoms with E-state index in [0.717, 1.165) is 34.5 Å². The van der Waals surface area contributed by atoms with Crippen molar-refractivity contribution < 1.29 is 4.79 Å². The van der Waals surface area contributed by atoms with E-state index in [2.05, 4.69) is 9.88 Å². The van der Waals surface area contributed by atoms with Crippen LogP contribution < -0.4 is 4.90 Å². The lowest BCUT2D eigenvalue weighted by Crippen LogP contribution is -2.48. The number of hydrogen-bond acceptors (Lipinski definition) is 4. The first kappa shape index (κ1) is 17.4. The fourth-order valence-electron chi connectivity index (χ4n) is 3.04. The summed E-state index contributed by atoms with van der Waals surface area (Å²) in [6.45, 7) is 2.90. The molecule has 2 aromatic heterocycles. The highest BCUT2D eigenvalue weighted by Gasteiger charge is 2.20. The minimum Gasteiger partial charge on any atom is -0.368 e. The molecular weight excluding hydrogens is 391 g/mol. The zero-order valence-electron chi connectivity index (χ0n) is 13.8. The van der Waals surface area contributed by atoms with Gasteiger partial charge in [0.05, 0.1) is 5.69 Å². The summed E-state index contributed by atoms with van der Waals surface area (Å²) in [5.74, 6) is -0.0167. The van der Waals surface area contributed by atoms with E-state index in [4.69, 9.17) is 23.2 Å². The number of carbonyl (C=O) groups excluding carboxylic acids is 1. The van der Waals surface area contributed by atoms with Crippen molar-refractivity contribution in [1.29, 1.82) is 0 Å². The third-order valence-electron chi connectivity index (χ3n) is 4.40. The highest BCUT2D eigenvalue weighted by molar-refractivity contribution is 7.15. The number of fused-ring (bicyclic) bond motifs is 1. The summed E-state index contributed by atoms with van der Waals surface area (Å²) in [4.78, 5) is 21.7. The Morgan fingerprint density at radius 1 is 1.19 bits per heavy atom. The van der Waals surface area contributed by atoms with E-state index >= 15 is 0 Å². The summed E-state index contributed by atoms with van der Waals surface area (Å²) in [7, 11) is 0. The largest absolute Gasteiger partial charge is 0.368 e. The first-order valence-electron chi connectivity index (χ1n) is 8.20. The van der Waals surface area contributed by atoms with Gasteiger partial charge in [-0.05, 0) is 24.3 Å². The van der Waals surface area contributed by atoms with Gasteiger partial charge < -0.3 is 9.80 Å². The standard InChI is InChI=1S/C18H16Cl2N4OS/c19-13-2-1-3-14(12-13)22-6-8-23(9-7-22)16(25)5-4-15-17(20)21-18-24(15)10-11-26-18/h1-5,10-12H,6-9H2/b5-4+. The third-order valence-corrected chi connectivity index (χ3v) is 5.67. The number of carbonyl (C=O) groups is 1. The van der Waals surface area contributed by atoms with Gasteiger partial charge in [-0.25, -0.2) is 4.98 Å². The Balaban J connectivity index is 1.41. The Kier molecular flexibility index (Phi) is 4.89. The Morgan fingerprint density at radius 2 is 2.00 bits per heavy atom. The molecule has 26 heavy (non-hydrogen) atoms. The van der Waals surface area contributed by atoms with Crippen molar-refractivity contribution in [3.05, 3.63) is 57.8 Å². The number of benzene rings is 1. The molecule has 0 atom stereocenters. The van der Waals surface area contributed by atoms with Crippen LogP contribution in [-0.4, -0.2) is 46.4 Å². The molecule has 0 N–H and O–H groups in total. The van der Waals surface area contributed by atoms with E-state index in [1.165, 1.54) is 11.3 Å². The second-order valence-corrected chi connectivity index (χ2v) is 7.64. The van der Waals surface area contributed by atoms with E-state index in [-0.39, 0.29) is 5.91 Å². The molecule has 1 fully saturated rings. The van der Waals surface area contributed by atoms with Gasteiger partial charge in [-0.15, -0.1) is 11.3 Å². The number of piperazine rings is 1. The molecule has 0 spiro atoms. The summed E-state index contributed by atoms with van der Waals surface area (Å²) >= 11 is 13.7. The second kappa shape index (κ2) is 7.31. The lowest BCUT2D eigenvalue weighted by Gasteiger charge is -2.35. The average molecular weight is 407 g/mol. The van der Waals surface area contributed by atoms with Gasteiger partial charge in [0.1, 0.15) is 0 Å². The molecule has 1 saturated heterocycles. The fourth-order valence-corrected chi connectivity index (χ4v) is 4.23. The monoisotopic (exact) mass is 406 g/mol. The van der Waals surface area contributed by atoms with Gasteiger partial charge >= 0.3 is 0 Å². The van der Waals surface area contributed by atoms with Crippen LogP contribution in [0.1, 0.15) is 5.69 Å². The van der Waals surface area contributed by atoms with Gasteiger partial charge in [-0.3, -0.25) is 9.20 Å². The Hall–Kier alpha value is -2.02. The number of amides is 1. The molecule has 0 unspecified atom stereocenters. The molecule has 4 rings (SSSR count). The second-order valence-electron chi connectivity index (χ2n) is 5.97. The highest BCUT2D eigenvalue weighted by atomic mass is 35.5. The minimum atomic E-state index is -0.0167. The molecule has 1 aliphatic heterocycles. The van der Waals surface area contributed by atoms with Gasteiger partial charge in [0, 0.05) is 54.5 Å². The molecule has 1 amide bonds. The van der Waals surface area contributed by atoms with Gasteiger partial charge in [0.2, 0.25) is 5.91 Å². The molecule has 3 heterocycles. The zero-order chi connectivity index (χ0) is 18.1. The Labute approximate surface area is 165 Å². The van der Waals surface area contributed by atoms with Gasteiger partial charge in [0.25, 0.3) is 0 Å². The molecule has 134 valence electrons. The first-order valence-corrected chi connectivity index (χ1v) is 9.84. The molecule has 0 aliphatic carbocycles. The minimum absolute atomic E-state index is 0.0167. The van der Waals surface area contributed by atoms with Crippen molar-refractivity contribution >= 4 is 57.2 Å². The number of aromatic nitrogens is 2. The van der Waals surface area contributed by atoms with Gasteiger partial charge in [-0.1, -0.05) is 29.3 Å². The van der Waals surface area contributed by atoms with Crippen LogP contribution in [0.4, 0.5) is 5.69 Å². The maximum atomic E-state index is 12.5. The maximum Gasteiger partial charge on any atom is 0.246 e. The average Bonchev–Trinajstić information content (AvgIpc) is 3.20. The number of halogens is 2. The van der Waals surface area contributed by atoms with Crippen LogP contribution in [0.15, 0.2) is 41.9 Å². The third kappa shape index (κ3) is 3.45. The SMILES string of the molecule is O=C(/C=C/c1c(Cl)nc2sccn12)N1CCN(c2cccc(Cl)c2)CC1. The van der Waals surface area contributed by atoms with Crippen LogP contribution >= 0.6 is 34.5 Å². The number of rotatable bonds is 3. The van der Waals surface area contributed by atoms with Crippen molar-refractivity contribution in [2.75, 3.05) is 31.1 Å². The van der Waals surface area contributed by atoms with Gasteiger partial charge in [-0.2, -0.15) is 0 Å². The van der Waals surface area contributed by atoms with Crippen molar-refractivity contribution in [3.63, 3.8) is 0 Å². The van der Waals surface area contributed by atoms with Crippen LogP contribution in [0.5, 0.6) is 0 Å². The highest BCUT2D eigenvalue weighted by Crippen LogP contribution is 2.23. The molecule has 5 nitrogen and oxygen atoms in total. The molecule has 1 aromatic carbocycles. The van der Waals surface area contributed by atoms with Crippen molar-refractivity contribution in [1.82, 2.24) is 14.3 Å². The maximum absolute atomic E-state index is 12.5. The summed E-state index contributed by atoms with van der Waals surface area (Å²) in [6.07, 6.45) is 5.20. The summed E-state index contributed by atoms with van der Waals surface area (Å²) in [6, 6.07) is 7.80. The fraction of sp³-hybridized carbons (Fsp3) is 0.222. The van der Waals surface area contributed by atoms with E-state index in [9.17, 15) is 4.79 Å². The predicted molar refractivity (Wildman–Crippen MR) is 107 cm³/mol. The lowest BCUT2D eigenvalue weighted by molar-refractivity contribution is -0.126. The Bertz CT molecular complexity index is 973. The zero-order valence-corrected chi connectivity index (χ0v) is 16.1. The quantitative estimate of drug-likeness (QED) is 0.615. The molecule has 0 saturated carbocycles. The number of hydrogen-bond donors (Lipinski definition) is 0. The van der Waals surface area contributed by atoms with E-state index in [1.54, 1.807) is 12.2 Å². The number of thiazole rings is 1. The number of anilines is 1. The van der Waals surface area contributed by atoms with Gasteiger partial charge in [0.15, 0.2) is 10.1 Å². The number of imidazole rings is 1. The van der Waals surface area contributed by atoms with E-state index < -0.39 is 0 Å². The van der Waals surface area contributed by atoms with Crippen LogP contribution in [0.3, 0.4) is 0 Å². The summed E-state index contributed by atoms with van der Waals surface area (Å²) < 4.78 is 1.88. The van der Waals surface area contributed by atoms with Crippen LogP contribution in [0.25, 0.3) is 11.0 Å².